The number of aliphatic hydroxyl groups excluding tert-OH is 2. The fourth-order valence-electron chi connectivity index (χ4n) is 11.1. The fraction of sp³-hybridized carbons (Fsp3) is 0.865. The van der Waals surface area contributed by atoms with Gasteiger partial charge in [0.05, 0.1) is 25.4 Å². The molecule has 0 saturated heterocycles. The number of allylic oxidation sites excluding steroid dienone is 7. The molecule has 0 aliphatic heterocycles. The van der Waals surface area contributed by atoms with Crippen molar-refractivity contribution in [1.29, 1.82) is 0 Å². The van der Waals surface area contributed by atoms with Crippen LogP contribution in [0.5, 0.6) is 0 Å². The van der Waals surface area contributed by atoms with Crippen LogP contribution in [0.15, 0.2) is 48.6 Å². The highest BCUT2D eigenvalue weighted by Crippen LogP contribution is 2.18. The molecule has 6 heteroatoms. The SMILES string of the molecule is CCCCCCCC/C=C\CCCCCCCC(=O)OCCCCCCCCCCC/C=C\C/C=C\CCCCCCCCCC(=O)NC(CO)C(O)/C=C/CCCCCCCCCCCCCCCCCCCCCCCCC. The molecule has 0 aliphatic carbocycles. The first kappa shape index (κ1) is 77.8. The van der Waals surface area contributed by atoms with Crippen LogP contribution in [0, 0.1) is 0 Å². The van der Waals surface area contributed by atoms with Crippen LogP contribution >= 0.6 is 0 Å². The van der Waals surface area contributed by atoms with Gasteiger partial charge in [-0.1, -0.05) is 332 Å². The number of rotatable bonds is 67. The number of esters is 1. The number of ether oxygens (including phenoxy) is 1. The lowest BCUT2D eigenvalue weighted by Crippen LogP contribution is -2.45. The van der Waals surface area contributed by atoms with Crippen LogP contribution < -0.4 is 5.32 Å². The summed E-state index contributed by atoms with van der Waals surface area (Å²) in [5.74, 6) is -0.0761. The van der Waals surface area contributed by atoms with Crippen molar-refractivity contribution in [2.75, 3.05) is 13.2 Å². The maximum absolute atomic E-state index is 12.5. The van der Waals surface area contributed by atoms with Gasteiger partial charge >= 0.3 is 5.97 Å². The second-order valence-electron chi connectivity index (χ2n) is 24.6. The predicted octanol–water partition coefficient (Wildman–Crippen LogP) is 23.3. The van der Waals surface area contributed by atoms with Crippen molar-refractivity contribution in [2.45, 2.75) is 398 Å². The third-order valence-corrected chi connectivity index (χ3v) is 16.6. The van der Waals surface area contributed by atoms with Crippen molar-refractivity contribution in [3.8, 4) is 0 Å². The highest BCUT2D eigenvalue weighted by molar-refractivity contribution is 5.76. The minimum absolute atomic E-state index is 0.00108. The average molecular weight is 1120 g/mol. The van der Waals surface area contributed by atoms with Gasteiger partial charge in [0.1, 0.15) is 0 Å². The van der Waals surface area contributed by atoms with Crippen LogP contribution in [-0.4, -0.2) is 47.4 Å². The molecule has 1 amide bonds. The Morgan fingerprint density at radius 1 is 0.350 bits per heavy atom. The molecule has 0 fully saturated rings. The summed E-state index contributed by atoms with van der Waals surface area (Å²) < 4.78 is 5.48. The summed E-state index contributed by atoms with van der Waals surface area (Å²) in [7, 11) is 0. The molecule has 3 N–H and O–H groups in total. The highest BCUT2D eigenvalue weighted by Gasteiger charge is 2.18. The predicted molar refractivity (Wildman–Crippen MR) is 352 cm³/mol. The minimum Gasteiger partial charge on any atom is -0.466 e. The zero-order valence-corrected chi connectivity index (χ0v) is 53.8. The molecule has 0 aromatic heterocycles. The molecule has 0 aromatic rings. The lowest BCUT2D eigenvalue weighted by Gasteiger charge is -2.20. The first-order chi connectivity index (χ1) is 39.5. The Labute approximate surface area is 499 Å². The van der Waals surface area contributed by atoms with Crippen molar-refractivity contribution in [3.05, 3.63) is 48.6 Å². The lowest BCUT2D eigenvalue weighted by atomic mass is 10.0. The maximum Gasteiger partial charge on any atom is 0.305 e. The van der Waals surface area contributed by atoms with Crippen LogP contribution in [0.1, 0.15) is 386 Å². The van der Waals surface area contributed by atoms with Gasteiger partial charge in [0.15, 0.2) is 0 Å². The summed E-state index contributed by atoms with van der Waals surface area (Å²) in [6, 6.07) is -0.638. The summed E-state index contributed by atoms with van der Waals surface area (Å²) in [6.45, 7) is 4.92. The summed E-state index contributed by atoms with van der Waals surface area (Å²) in [6.07, 6.45) is 90.4. The van der Waals surface area contributed by atoms with Gasteiger partial charge in [0.25, 0.3) is 0 Å². The quantitative estimate of drug-likeness (QED) is 0.0320. The molecule has 0 saturated carbocycles. The molecule has 0 radical (unpaired) electrons. The molecule has 80 heavy (non-hydrogen) atoms. The minimum atomic E-state index is -0.854. The number of hydrogen-bond acceptors (Lipinski definition) is 5. The Kier molecular flexibility index (Phi) is 67.4. The molecule has 0 bridgehead atoms. The molecule has 0 aromatic carbocycles. The van der Waals surface area contributed by atoms with Gasteiger partial charge < -0.3 is 20.3 Å². The van der Waals surface area contributed by atoms with Gasteiger partial charge in [0.2, 0.25) is 5.91 Å². The average Bonchev–Trinajstić information content (AvgIpc) is 3.46. The van der Waals surface area contributed by atoms with E-state index in [1.54, 1.807) is 6.08 Å². The van der Waals surface area contributed by atoms with Crippen LogP contribution in [0.25, 0.3) is 0 Å². The van der Waals surface area contributed by atoms with Crippen molar-refractivity contribution in [1.82, 2.24) is 5.32 Å². The van der Waals surface area contributed by atoms with Gasteiger partial charge in [-0.15, -0.1) is 0 Å². The van der Waals surface area contributed by atoms with Crippen LogP contribution in [0.2, 0.25) is 0 Å². The highest BCUT2D eigenvalue weighted by atomic mass is 16.5. The van der Waals surface area contributed by atoms with Crippen molar-refractivity contribution < 1.29 is 24.5 Å². The van der Waals surface area contributed by atoms with Gasteiger partial charge in [-0.2, -0.15) is 0 Å². The Bertz CT molecular complexity index is 1340. The summed E-state index contributed by atoms with van der Waals surface area (Å²) >= 11 is 0. The zero-order valence-electron chi connectivity index (χ0n) is 53.8. The van der Waals surface area contributed by atoms with E-state index in [1.165, 1.54) is 295 Å². The molecule has 2 atom stereocenters. The number of nitrogens with one attached hydrogen (secondary N) is 1. The summed E-state index contributed by atoms with van der Waals surface area (Å²) in [4.78, 5) is 24.6. The Hall–Kier alpha value is -2.18. The van der Waals surface area contributed by atoms with Crippen molar-refractivity contribution in [3.63, 3.8) is 0 Å². The van der Waals surface area contributed by atoms with Crippen LogP contribution in [0.3, 0.4) is 0 Å². The number of amides is 1. The van der Waals surface area contributed by atoms with E-state index in [1.807, 2.05) is 6.08 Å². The maximum atomic E-state index is 12.5. The van der Waals surface area contributed by atoms with E-state index in [-0.39, 0.29) is 18.5 Å². The number of hydrogen-bond donors (Lipinski definition) is 3. The lowest BCUT2D eigenvalue weighted by molar-refractivity contribution is -0.143. The number of unbranched alkanes of at least 4 members (excludes halogenated alkanes) is 50. The number of carbonyl (C=O) groups is 2. The zero-order chi connectivity index (χ0) is 57.8. The second-order valence-corrected chi connectivity index (χ2v) is 24.6. The van der Waals surface area contributed by atoms with E-state index in [4.69, 9.17) is 4.74 Å². The molecular weight excluding hydrogens is 983 g/mol. The van der Waals surface area contributed by atoms with Crippen LogP contribution in [-0.2, 0) is 14.3 Å². The monoisotopic (exact) mass is 1120 g/mol. The van der Waals surface area contributed by atoms with Crippen LogP contribution in [0.4, 0.5) is 0 Å². The van der Waals surface area contributed by atoms with Crippen molar-refractivity contribution >= 4 is 11.9 Å². The third kappa shape index (κ3) is 65.0. The Morgan fingerprint density at radius 3 is 0.963 bits per heavy atom. The fourth-order valence-corrected chi connectivity index (χ4v) is 11.1. The summed E-state index contributed by atoms with van der Waals surface area (Å²) in [5, 5.41) is 23.3. The molecule has 470 valence electrons. The standard InChI is InChI=1S/C74H139NO5/c1-3-5-7-9-11-13-15-17-19-20-21-22-23-24-26-29-32-35-39-42-46-50-54-58-62-66-72(77)71(70-76)75-73(78)67-63-59-55-51-47-43-40-36-33-30-27-25-28-31-34-37-41-45-49-53-57-61-65-69-80-74(79)68-64-60-56-52-48-44-38-18-16-14-12-10-8-6-4-2/h18,25,28,30,33,38,62,66,71-72,76-77H,3-17,19-24,26-27,29,31-32,34-37,39-61,63-65,67-70H2,1-2H3,(H,75,78)/b28-25-,33-30-,38-18-,66-62+. The molecule has 0 spiro atoms. The van der Waals surface area contributed by atoms with Gasteiger partial charge in [-0.3, -0.25) is 9.59 Å². The second kappa shape index (κ2) is 69.3. The van der Waals surface area contributed by atoms with E-state index in [9.17, 15) is 19.8 Å². The first-order valence-corrected chi connectivity index (χ1v) is 35.9. The van der Waals surface area contributed by atoms with Crippen molar-refractivity contribution in [2.24, 2.45) is 0 Å². The van der Waals surface area contributed by atoms with Gasteiger partial charge in [-0.25, -0.2) is 0 Å². The number of aliphatic hydroxyl groups is 2. The molecule has 0 rings (SSSR count). The number of carbonyl (C=O) groups excluding carboxylic acids is 2. The molecule has 6 nitrogen and oxygen atoms in total. The summed E-state index contributed by atoms with van der Waals surface area (Å²) in [5.41, 5.74) is 0. The van der Waals surface area contributed by atoms with E-state index in [0.717, 1.165) is 64.2 Å². The van der Waals surface area contributed by atoms with E-state index in [2.05, 4.69) is 55.6 Å². The Morgan fingerprint density at radius 2 is 0.625 bits per heavy atom. The molecular formula is C74H139NO5. The van der Waals surface area contributed by atoms with E-state index >= 15 is 0 Å². The largest absolute Gasteiger partial charge is 0.466 e. The molecule has 0 aliphatic rings. The third-order valence-electron chi connectivity index (χ3n) is 16.6. The van der Waals surface area contributed by atoms with E-state index < -0.39 is 12.1 Å². The molecule has 2 unspecified atom stereocenters. The topological polar surface area (TPSA) is 95.9 Å². The van der Waals surface area contributed by atoms with E-state index in [0.29, 0.717) is 19.4 Å². The smallest absolute Gasteiger partial charge is 0.305 e. The molecule has 0 heterocycles. The van der Waals surface area contributed by atoms with Gasteiger partial charge in [-0.05, 0) is 89.9 Å². The Balaban J connectivity index is 3.48. The normalized spacial score (nSPS) is 12.8. The van der Waals surface area contributed by atoms with Gasteiger partial charge in [0, 0.05) is 12.8 Å². The first-order valence-electron chi connectivity index (χ1n) is 35.9.